The molecule has 5 heteroatoms. The molecule has 0 amide bonds. The Morgan fingerprint density at radius 1 is 1.17 bits per heavy atom. The molecule has 12 heavy (non-hydrogen) atoms. The zero-order chi connectivity index (χ0) is 10.4. The van der Waals surface area contributed by atoms with Crippen LogP contribution in [0.4, 0.5) is 4.79 Å². The molecular weight excluding hydrogens is 164 g/mol. The number of hydrogen-bond acceptors (Lipinski definition) is 3. The van der Waals surface area contributed by atoms with Crippen LogP contribution in [0.3, 0.4) is 0 Å². The van der Waals surface area contributed by atoms with Crippen LogP contribution in [0.2, 0.25) is 0 Å². The number of carbonyl (C=O) groups is 2. The largest absolute Gasteiger partial charge is 0.503 e. The lowest BCUT2D eigenvalue weighted by atomic mass is 10.2. The van der Waals surface area contributed by atoms with Gasteiger partial charge < -0.3 is 14.9 Å². The van der Waals surface area contributed by atoms with Gasteiger partial charge in [0.2, 0.25) is 0 Å². The Bertz CT molecular complexity index is 152. The van der Waals surface area contributed by atoms with Crippen LogP contribution in [0.1, 0.15) is 27.7 Å². The normalized spacial score (nSPS) is 9.33. The zero-order valence-electron chi connectivity index (χ0n) is 7.62. The van der Waals surface area contributed by atoms with E-state index < -0.39 is 6.16 Å². The lowest BCUT2D eigenvalue weighted by molar-refractivity contribution is -0.151. The first-order chi connectivity index (χ1) is 5.15. The third kappa shape index (κ3) is 37.4. The van der Waals surface area contributed by atoms with Crippen LogP contribution in [0.5, 0.6) is 0 Å². The summed E-state index contributed by atoms with van der Waals surface area (Å²) in [4.78, 5) is 18.8. The summed E-state index contributed by atoms with van der Waals surface area (Å²) in [6.07, 6.45) is -1.83. The molecule has 0 atom stereocenters. The SMILES string of the molecule is CC(=O)OC(C)(C)C.O=C(O)O. The van der Waals surface area contributed by atoms with Crippen molar-refractivity contribution in [2.24, 2.45) is 0 Å². The fourth-order valence-corrected chi connectivity index (χ4v) is 0.431. The van der Waals surface area contributed by atoms with Crippen LogP contribution in [-0.4, -0.2) is 27.9 Å². The Morgan fingerprint density at radius 3 is 1.42 bits per heavy atom. The van der Waals surface area contributed by atoms with Crippen molar-refractivity contribution in [2.45, 2.75) is 33.3 Å². The van der Waals surface area contributed by atoms with Crippen molar-refractivity contribution >= 4 is 12.1 Å². The summed E-state index contributed by atoms with van der Waals surface area (Å²) in [6, 6.07) is 0. The first-order valence-electron chi connectivity index (χ1n) is 3.26. The van der Waals surface area contributed by atoms with E-state index >= 15 is 0 Å². The van der Waals surface area contributed by atoms with Gasteiger partial charge in [0.25, 0.3) is 0 Å². The first-order valence-corrected chi connectivity index (χ1v) is 3.26. The van der Waals surface area contributed by atoms with Crippen LogP contribution in [0.25, 0.3) is 0 Å². The van der Waals surface area contributed by atoms with Gasteiger partial charge >= 0.3 is 12.1 Å². The third-order valence-corrected chi connectivity index (χ3v) is 0.450. The van der Waals surface area contributed by atoms with Gasteiger partial charge in [-0.15, -0.1) is 0 Å². The van der Waals surface area contributed by atoms with Crippen LogP contribution < -0.4 is 0 Å². The van der Waals surface area contributed by atoms with Crippen molar-refractivity contribution in [3.63, 3.8) is 0 Å². The lowest BCUT2D eigenvalue weighted by Crippen LogP contribution is -2.21. The molecule has 0 heterocycles. The van der Waals surface area contributed by atoms with E-state index in [1.165, 1.54) is 6.92 Å². The smallest absolute Gasteiger partial charge is 0.460 e. The minimum atomic E-state index is -1.83. The second-order valence-corrected chi connectivity index (χ2v) is 2.99. The predicted molar refractivity (Wildman–Crippen MR) is 42.2 cm³/mol. The topological polar surface area (TPSA) is 83.8 Å². The summed E-state index contributed by atoms with van der Waals surface area (Å²) >= 11 is 0. The molecule has 0 unspecified atom stereocenters. The highest BCUT2D eigenvalue weighted by atomic mass is 16.6. The van der Waals surface area contributed by atoms with E-state index in [2.05, 4.69) is 0 Å². The lowest BCUT2D eigenvalue weighted by Gasteiger charge is -2.17. The minimum absolute atomic E-state index is 0.225. The molecule has 0 aliphatic heterocycles. The van der Waals surface area contributed by atoms with Crippen molar-refractivity contribution in [3.05, 3.63) is 0 Å². The average molecular weight is 178 g/mol. The first kappa shape index (κ1) is 13.3. The van der Waals surface area contributed by atoms with Crippen molar-refractivity contribution in [1.29, 1.82) is 0 Å². The molecule has 0 rings (SSSR count). The number of hydrogen-bond donors (Lipinski definition) is 2. The molecule has 0 saturated heterocycles. The second-order valence-electron chi connectivity index (χ2n) is 2.99. The number of esters is 1. The van der Waals surface area contributed by atoms with Crippen LogP contribution >= 0.6 is 0 Å². The van der Waals surface area contributed by atoms with Crippen LogP contribution in [-0.2, 0) is 9.53 Å². The highest BCUT2D eigenvalue weighted by molar-refractivity contribution is 5.66. The number of rotatable bonds is 0. The summed E-state index contributed by atoms with van der Waals surface area (Å²) in [6.45, 7) is 6.93. The molecule has 0 aromatic carbocycles. The maximum absolute atomic E-state index is 10.2. The molecule has 5 nitrogen and oxygen atoms in total. The van der Waals surface area contributed by atoms with Crippen molar-refractivity contribution in [2.75, 3.05) is 0 Å². The van der Waals surface area contributed by atoms with Crippen molar-refractivity contribution in [1.82, 2.24) is 0 Å². The summed E-state index contributed by atoms with van der Waals surface area (Å²) in [7, 11) is 0. The van der Waals surface area contributed by atoms with E-state index in [0.29, 0.717) is 0 Å². The Hall–Kier alpha value is -1.26. The number of carboxylic acid groups (broad SMARTS) is 2. The predicted octanol–water partition coefficient (Wildman–Crippen LogP) is 1.57. The molecule has 0 radical (unpaired) electrons. The molecule has 0 aliphatic carbocycles. The molecule has 0 aromatic heterocycles. The van der Waals surface area contributed by atoms with Gasteiger partial charge in [-0.25, -0.2) is 4.79 Å². The van der Waals surface area contributed by atoms with E-state index in [-0.39, 0.29) is 11.6 Å². The summed E-state index contributed by atoms with van der Waals surface area (Å²) in [5.41, 5.74) is -0.328. The molecule has 0 saturated carbocycles. The number of carbonyl (C=O) groups excluding carboxylic acids is 1. The Kier molecular flexibility index (Phi) is 6.00. The molecule has 0 bridgehead atoms. The van der Waals surface area contributed by atoms with E-state index in [9.17, 15) is 4.79 Å². The average Bonchev–Trinajstić information content (AvgIpc) is 1.52. The Labute approximate surface area is 71.0 Å². The molecule has 2 N–H and O–H groups in total. The maximum atomic E-state index is 10.2. The summed E-state index contributed by atoms with van der Waals surface area (Å²) < 4.78 is 4.80. The molecule has 0 fully saturated rings. The van der Waals surface area contributed by atoms with Gasteiger partial charge in [-0.3, -0.25) is 4.79 Å². The second kappa shape index (κ2) is 5.40. The highest BCUT2D eigenvalue weighted by Crippen LogP contribution is 2.05. The van der Waals surface area contributed by atoms with Crippen molar-refractivity contribution in [3.8, 4) is 0 Å². The molecular formula is C7H14O5. The van der Waals surface area contributed by atoms with E-state index in [0.717, 1.165) is 0 Å². The van der Waals surface area contributed by atoms with E-state index in [1.54, 1.807) is 0 Å². The highest BCUT2D eigenvalue weighted by Gasteiger charge is 2.11. The summed E-state index contributed by atoms with van der Waals surface area (Å²) in [5.74, 6) is -0.225. The Morgan fingerprint density at radius 2 is 1.42 bits per heavy atom. The van der Waals surface area contributed by atoms with Crippen molar-refractivity contribution < 1.29 is 24.5 Å². The van der Waals surface area contributed by atoms with Gasteiger partial charge in [-0.2, -0.15) is 0 Å². The van der Waals surface area contributed by atoms with Gasteiger partial charge in [0.15, 0.2) is 0 Å². The van der Waals surface area contributed by atoms with E-state index in [1.807, 2.05) is 20.8 Å². The van der Waals surface area contributed by atoms with Gasteiger partial charge in [0.05, 0.1) is 0 Å². The molecule has 0 aromatic rings. The third-order valence-electron chi connectivity index (χ3n) is 0.450. The van der Waals surface area contributed by atoms with Crippen LogP contribution in [0.15, 0.2) is 0 Å². The van der Waals surface area contributed by atoms with Gasteiger partial charge in [0, 0.05) is 6.92 Å². The van der Waals surface area contributed by atoms with Gasteiger partial charge in [-0.1, -0.05) is 0 Å². The van der Waals surface area contributed by atoms with Gasteiger partial charge in [-0.05, 0) is 20.8 Å². The van der Waals surface area contributed by atoms with E-state index in [4.69, 9.17) is 19.7 Å². The fraction of sp³-hybridized carbons (Fsp3) is 0.714. The fourth-order valence-electron chi connectivity index (χ4n) is 0.431. The maximum Gasteiger partial charge on any atom is 0.503 e. The Balaban J connectivity index is 0. The quantitative estimate of drug-likeness (QED) is 0.550. The molecule has 0 aliphatic rings. The summed E-state index contributed by atoms with van der Waals surface area (Å²) in [5, 5.41) is 13.9. The minimum Gasteiger partial charge on any atom is -0.460 e. The van der Waals surface area contributed by atoms with Crippen LogP contribution in [0, 0.1) is 0 Å². The molecule has 72 valence electrons. The monoisotopic (exact) mass is 178 g/mol. The van der Waals surface area contributed by atoms with Gasteiger partial charge in [0.1, 0.15) is 5.60 Å². The zero-order valence-corrected chi connectivity index (χ0v) is 7.62. The standard InChI is InChI=1S/C6H12O2.CH2O3/c1-5(7)8-6(2,3)4;2-1(3)4/h1-4H3;(H2,2,3,4). The molecule has 0 spiro atoms. The number of ether oxygens (including phenoxy) is 1.